The number of anilines is 3. The van der Waals surface area contributed by atoms with Gasteiger partial charge in [-0.1, -0.05) is 13.0 Å². The first kappa shape index (κ1) is 17.5. The van der Waals surface area contributed by atoms with E-state index >= 15 is 0 Å². The van der Waals surface area contributed by atoms with Crippen molar-refractivity contribution in [1.82, 2.24) is 14.5 Å². The van der Waals surface area contributed by atoms with Crippen molar-refractivity contribution in [3.8, 4) is 5.69 Å². The standard InChI is InChI=1S/C20H21F2N5/c1-14-5-7-26(8-6-14)20-4-2-3-18(25-20)24-19-12-27(13-23-19)17-10-15(21)9-16(22)11-17/h2-4,9-14H,5-8H2,1H3,(H,24,25). The summed E-state index contributed by atoms with van der Waals surface area (Å²) in [5.41, 5.74) is 0.372. The zero-order valence-corrected chi connectivity index (χ0v) is 15.1. The average Bonchev–Trinajstić information content (AvgIpc) is 3.10. The Morgan fingerprint density at radius 2 is 1.78 bits per heavy atom. The SMILES string of the molecule is CC1CCN(c2cccc(Nc3cn(-c4cc(F)cc(F)c4)cn3)n2)CC1. The van der Waals surface area contributed by atoms with Gasteiger partial charge in [0.15, 0.2) is 0 Å². The van der Waals surface area contributed by atoms with E-state index in [1.54, 1.807) is 10.8 Å². The van der Waals surface area contributed by atoms with E-state index in [9.17, 15) is 8.78 Å². The van der Waals surface area contributed by atoms with Gasteiger partial charge in [-0.2, -0.15) is 0 Å². The van der Waals surface area contributed by atoms with Crippen molar-refractivity contribution in [1.29, 1.82) is 0 Å². The molecule has 0 bridgehead atoms. The summed E-state index contributed by atoms with van der Waals surface area (Å²) >= 11 is 0. The highest BCUT2D eigenvalue weighted by Crippen LogP contribution is 2.23. The van der Waals surface area contributed by atoms with E-state index < -0.39 is 11.6 Å². The van der Waals surface area contributed by atoms with Gasteiger partial charge in [-0.25, -0.2) is 18.7 Å². The molecule has 1 fully saturated rings. The molecule has 0 amide bonds. The van der Waals surface area contributed by atoms with Crippen molar-refractivity contribution in [3.05, 3.63) is 60.6 Å². The molecule has 0 radical (unpaired) electrons. The number of hydrogen-bond acceptors (Lipinski definition) is 4. The number of imidazole rings is 1. The van der Waals surface area contributed by atoms with Crippen LogP contribution in [0.3, 0.4) is 0 Å². The summed E-state index contributed by atoms with van der Waals surface area (Å²) < 4.78 is 28.4. The van der Waals surface area contributed by atoms with Crippen molar-refractivity contribution in [2.45, 2.75) is 19.8 Å². The summed E-state index contributed by atoms with van der Waals surface area (Å²) in [6.45, 7) is 4.30. The third kappa shape index (κ3) is 4.07. The van der Waals surface area contributed by atoms with E-state index in [1.807, 2.05) is 18.2 Å². The van der Waals surface area contributed by atoms with Crippen LogP contribution in [0.15, 0.2) is 48.9 Å². The highest BCUT2D eigenvalue weighted by atomic mass is 19.1. The normalized spacial score (nSPS) is 15.1. The Bertz CT molecular complexity index is 911. The molecule has 0 aliphatic carbocycles. The Morgan fingerprint density at radius 1 is 1.04 bits per heavy atom. The van der Waals surface area contributed by atoms with E-state index in [4.69, 9.17) is 0 Å². The quantitative estimate of drug-likeness (QED) is 0.734. The van der Waals surface area contributed by atoms with Crippen molar-refractivity contribution >= 4 is 17.5 Å². The van der Waals surface area contributed by atoms with Crippen LogP contribution in [0.4, 0.5) is 26.2 Å². The lowest BCUT2D eigenvalue weighted by atomic mass is 9.99. The fourth-order valence-corrected chi connectivity index (χ4v) is 3.25. The Kier molecular flexibility index (Phi) is 4.75. The molecule has 1 N–H and O–H groups in total. The van der Waals surface area contributed by atoms with Gasteiger partial charge >= 0.3 is 0 Å². The third-order valence-electron chi connectivity index (χ3n) is 4.83. The molecule has 1 aliphatic heterocycles. The van der Waals surface area contributed by atoms with E-state index in [1.165, 1.54) is 31.3 Å². The maximum absolute atomic E-state index is 13.4. The van der Waals surface area contributed by atoms with Crippen molar-refractivity contribution < 1.29 is 8.78 Å². The largest absolute Gasteiger partial charge is 0.357 e. The zero-order chi connectivity index (χ0) is 18.8. The van der Waals surface area contributed by atoms with Gasteiger partial charge in [-0.05, 0) is 43.0 Å². The molecule has 1 aliphatic rings. The maximum atomic E-state index is 13.4. The van der Waals surface area contributed by atoms with Gasteiger partial charge < -0.3 is 14.8 Å². The summed E-state index contributed by atoms with van der Waals surface area (Å²) in [6.07, 6.45) is 5.53. The summed E-state index contributed by atoms with van der Waals surface area (Å²) in [6, 6.07) is 9.19. The Labute approximate surface area is 156 Å². The van der Waals surface area contributed by atoms with Crippen LogP contribution < -0.4 is 10.2 Å². The minimum atomic E-state index is -0.626. The molecule has 0 saturated carbocycles. The second kappa shape index (κ2) is 7.34. The molecule has 140 valence electrons. The number of halogens is 2. The van der Waals surface area contributed by atoms with Crippen LogP contribution in [-0.4, -0.2) is 27.6 Å². The topological polar surface area (TPSA) is 46.0 Å². The molecule has 0 spiro atoms. The van der Waals surface area contributed by atoms with Crippen LogP contribution in [-0.2, 0) is 0 Å². The van der Waals surface area contributed by atoms with Gasteiger partial charge in [0, 0.05) is 19.2 Å². The van der Waals surface area contributed by atoms with Crippen LogP contribution in [0.1, 0.15) is 19.8 Å². The average molecular weight is 369 g/mol. The number of piperidine rings is 1. The number of nitrogens with zero attached hydrogens (tertiary/aromatic N) is 4. The molecule has 1 aromatic carbocycles. The van der Waals surface area contributed by atoms with Gasteiger partial charge in [0.2, 0.25) is 0 Å². The monoisotopic (exact) mass is 369 g/mol. The molecule has 3 aromatic rings. The molecule has 7 heteroatoms. The minimum absolute atomic E-state index is 0.372. The van der Waals surface area contributed by atoms with Crippen LogP contribution >= 0.6 is 0 Å². The van der Waals surface area contributed by atoms with Crippen LogP contribution in [0, 0.1) is 17.6 Å². The highest BCUT2D eigenvalue weighted by molar-refractivity contribution is 5.55. The number of benzene rings is 1. The van der Waals surface area contributed by atoms with Crippen LogP contribution in [0.25, 0.3) is 5.69 Å². The lowest BCUT2D eigenvalue weighted by Gasteiger charge is -2.31. The Balaban J connectivity index is 1.50. The molecule has 4 rings (SSSR count). The molecule has 0 atom stereocenters. The van der Waals surface area contributed by atoms with Gasteiger partial charge in [-0.15, -0.1) is 0 Å². The zero-order valence-electron chi connectivity index (χ0n) is 15.1. The number of rotatable bonds is 4. The number of aromatic nitrogens is 3. The fourth-order valence-electron chi connectivity index (χ4n) is 3.25. The van der Waals surface area contributed by atoms with Crippen molar-refractivity contribution in [3.63, 3.8) is 0 Å². The predicted molar refractivity (Wildman–Crippen MR) is 102 cm³/mol. The Morgan fingerprint density at radius 3 is 2.52 bits per heavy atom. The second-order valence-electron chi connectivity index (χ2n) is 6.97. The van der Waals surface area contributed by atoms with Gasteiger partial charge in [0.25, 0.3) is 0 Å². The lowest BCUT2D eigenvalue weighted by Crippen LogP contribution is -2.33. The third-order valence-corrected chi connectivity index (χ3v) is 4.83. The molecular weight excluding hydrogens is 348 g/mol. The van der Waals surface area contributed by atoms with Gasteiger partial charge in [0.05, 0.1) is 11.9 Å². The van der Waals surface area contributed by atoms with Crippen LogP contribution in [0.5, 0.6) is 0 Å². The molecular formula is C20H21F2N5. The summed E-state index contributed by atoms with van der Waals surface area (Å²) in [7, 11) is 0. The number of hydrogen-bond donors (Lipinski definition) is 1. The number of nitrogens with one attached hydrogen (secondary N) is 1. The van der Waals surface area contributed by atoms with Crippen molar-refractivity contribution in [2.75, 3.05) is 23.3 Å². The van der Waals surface area contributed by atoms with Crippen LogP contribution in [0.2, 0.25) is 0 Å². The Hall–Kier alpha value is -2.96. The first-order valence-electron chi connectivity index (χ1n) is 9.06. The second-order valence-corrected chi connectivity index (χ2v) is 6.97. The molecule has 3 heterocycles. The summed E-state index contributed by atoms with van der Waals surface area (Å²) in [5.74, 6) is 1.69. The first-order valence-corrected chi connectivity index (χ1v) is 9.06. The fraction of sp³-hybridized carbons (Fsp3) is 0.300. The van der Waals surface area contributed by atoms with Gasteiger partial charge in [-0.3, -0.25) is 0 Å². The van der Waals surface area contributed by atoms with E-state index in [-0.39, 0.29) is 0 Å². The molecule has 2 aromatic heterocycles. The molecule has 1 saturated heterocycles. The van der Waals surface area contributed by atoms with Gasteiger partial charge in [0.1, 0.15) is 35.4 Å². The van der Waals surface area contributed by atoms with E-state index in [0.717, 1.165) is 30.9 Å². The van der Waals surface area contributed by atoms with E-state index in [2.05, 4.69) is 27.1 Å². The summed E-state index contributed by atoms with van der Waals surface area (Å²) in [4.78, 5) is 11.2. The molecule has 27 heavy (non-hydrogen) atoms. The lowest BCUT2D eigenvalue weighted by molar-refractivity contribution is 0.436. The molecule has 5 nitrogen and oxygen atoms in total. The summed E-state index contributed by atoms with van der Waals surface area (Å²) in [5, 5.41) is 3.15. The van der Waals surface area contributed by atoms with E-state index in [0.29, 0.717) is 17.3 Å². The smallest absolute Gasteiger partial charge is 0.150 e. The predicted octanol–water partition coefficient (Wildman–Crippen LogP) is 4.53. The van der Waals surface area contributed by atoms with Crippen molar-refractivity contribution in [2.24, 2.45) is 5.92 Å². The maximum Gasteiger partial charge on any atom is 0.150 e. The highest BCUT2D eigenvalue weighted by Gasteiger charge is 2.17. The first-order chi connectivity index (χ1) is 13.1. The minimum Gasteiger partial charge on any atom is -0.357 e. The molecule has 0 unspecified atom stereocenters. The number of pyridine rings is 1.